The maximum atomic E-state index is 13.3. The Bertz CT molecular complexity index is 1350. The van der Waals surface area contributed by atoms with Crippen molar-refractivity contribution in [3.8, 4) is 11.5 Å². The number of urea groups is 1. The van der Waals surface area contributed by atoms with Gasteiger partial charge < -0.3 is 19.4 Å². The molecule has 1 N–H and O–H groups in total. The average Bonchev–Trinajstić information content (AvgIpc) is 3.50. The number of hydrogen-bond donors (Lipinski definition) is 1. The van der Waals surface area contributed by atoms with E-state index in [1.54, 1.807) is 38.1 Å². The summed E-state index contributed by atoms with van der Waals surface area (Å²) in [5.74, 6) is 0.272. The van der Waals surface area contributed by atoms with E-state index in [2.05, 4.69) is 5.32 Å². The average molecular weight is 488 g/mol. The van der Waals surface area contributed by atoms with Gasteiger partial charge in [-0.15, -0.1) is 0 Å². The third-order valence-electron chi connectivity index (χ3n) is 6.88. The largest absolute Gasteiger partial charge is 0.454 e. The number of ether oxygens (including phenoxy) is 2. The predicted molar refractivity (Wildman–Crippen MR) is 121 cm³/mol. The van der Waals surface area contributed by atoms with Gasteiger partial charge in [-0.2, -0.15) is 0 Å². The Hall–Kier alpha value is -3.34. The van der Waals surface area contributed by atoms with Gasteiger partial charge in [0.2, 0.25) is 6.79 Å². The molecule has 2 saturated heterocycles. The number of aryl methyl sites for hydroxylation is 1. The van der Waals surface area contributed by atoms with E-state index in [0.717, 1.165) is 10.6 Å². The number of Topliss-reactive ketones (excluding diaryl/α,β-unsaturated/α-hetero) is 1. The van der Waals surface area contributed by atoms with Crippen LogP contribution < -0.4 is 14.8 Å². The number of ketones is 1. The molecule has 2 aromatic rings. The topological polar surface area (TPSA) is 124 Å². The van der Waals surface area contributed by atoms with Crippen molar-refractivity contribution in [1.82, 2.24) is 14.8 Å². The van der Waals surface area contributed by atoms with Gasteiger partial charge in [0.05, 0.1) is 18.1 Å². The van der Waals surface area contributed by atoms with Gasteiger partial charge in [0.1, 0.15) is 5.54 Å². The maximum Gasteiger partial charge on any atom is 0.325 e. The monoisotopic (exact) mass is 487 g/mol. The number of amides is 3. The number of imide groups is 1. The first-order valence-corrected chi connectivity index (χ1v) is 12.8. The van der Waals surface area contributed by atoms with Gasteiger partial charge in [-0.05, 0) is 51.0 Å². The fraction of sp³-hybridized carbons (Fsp3) is 0.435. The maximum absolute atomic E-state index is 13.3. The smallest absolute Gasteiger partial charge is 0.325 e. The molecule has 3 amide bonds. The summed E-state index contributed by atoms with van der Waals surface area (Å²) in [6.45, 7) is 4.83. The Morgan fingerprint density at radius 2 is 1.91 bits per heavy atom. The molecule has 1 aromatic heterocycles. The second-order valence-corrected chi connectivity index (χ2v) is 11.4. The highest BCUT2D eigenvalue weighted by atomic mass is 32.2. The molecule has 1 aromatic carbocycles. The highest BCUT2D eigenvalue weighted by Crippen LogP contribution is 2.38. The molecule has 0 spiro atoms. The Kier molecular flexibility index (Phi) is 5.01. The van der Waals surface area contributed by atoms with Crippen LogP contribution in [0.2, 0.25) is 0 Å². The zero-order chi connectivity index (χ0) is 24.4. The van der Waals surface area contributed by atoms with E-state index in [-0.39, 0.29) is 24.3 Å². The van der Waals surface area contributed by atoms with E-state index >= 15 is 0 Å². The Morgan fingerprint density at radius 3 is 2.62 bits per heavy atom. The number of nitrogens with one attached hydrogen (secondary N) is 1. The molecule has 11 heteroatoms. The van der Waals surface area contributed by atoms with Crippen molar-refractivity contribution in [2.75, 3.05) is 24.8 Å². The number of carbonyl (C=O) groups is 3. The van der Waals surface area contributed by atoms with Gasteiger partial charge in [-0.1, -0.05) is 6.07 Å². The minimum Gasteiger partial charge on any atom is -0.454 e. The van der Waals surface area contributed by atoms with Crippen molar-refractivity contribution in [2.45, 2.75) is 38.8 Å². The lowest BCUT2D eigenvalue weighted by atomic mass is 9.91. The van der Waals surface area contributed by atoms with E-state index in [1.165, 1.54) is 0 Å². The summed E-state index contributed by atoms with van der Waals surface area (Å²) in [6.07, 6.45) is 0.493. The number of carbonyl (C=O) groups excluding carboxylic acids is 3. The molecule has 0 radical (unpaired) electrons. The normalized spacial score (nSPS) is 25.1. The first-order chi connectivity index (χ1) is 16.0. The number of rotatable bonds is 5. The standard InChI is InChI=1S/C23H25N3O7S/c1-13-8-17(14(2)26(13)16-6-7-34(30,31)11-16)18(27)10-25-21(28)23(3,24-22(25)29)15-4-5-19-20(9-15)33-12-32-19/h4-5,8-9,16H,6-7,10-12H2,1-3H3,(H,24,29)/t16-,23+/m1/s1. The number of aromatic nitrogens is 1. The molecular weight excluding hydrogens is 462 g/mol. The molecule has 0 saturated carbocycles. The zero-order valence-corrected chi connectivity index (χ0v) is 19.9. The lowest BCUT2D eigenvalue weighted by molar-refractivity contribution is -0.130. The lowest BCUT2D eigenvalue weighted by Gasteiger charge is -2.22. The van der Waals surface area contributed by atoms with E-state index < -0.39 is 39.6 Å². The van der Waals surface area contributed by atoms with Crippen LogP contribution in [0.5, 0.6) is 11.5 Å². The SMILES string of the molecule is Cc1cc(C(=O)CN2C(=O)N[C@@](C)(c3ccc4c(c3)OCO4)C2=O)c(C)n1[C@@H]1CCS(=O)(=O)C1. The van der Waals surface area contributed by atoms with Crippen molar-refractivity contribution >= 4 is 27.6 Å². The molecule has 0 aliphatic carbocycles. The minimum absolute atomic E-state index is 0.0396. The van der Waals surface area contributed by atoms with E-state index in [9.17, 15) is 22.8 Å². The van der Waals surface area contributed by atoms with Crippen LogP contribution in [0.25, 0.3) is 0 Å². The second-order valence-electron chi connectivity index (χ2n) is 9.15. The predicted octanol–water partition coefficient (Wildman–Crippen LogP) is 1.84. The Balaban J connectivity index is 1.38. The number of benzene rings is 1. The van der Waals surface area contributed by atoms with Crippen molar-refractivity contribution in [3.05, 3.63) is 46.8 Å². The molecule has 10 nitrogen and oxygen atoms in total. The summed E-state index contributed by atoms with van der Waals surface area (Å²) in [6, 6.07) is 5.81. The molecule has 3 aliphatic rings. The van der Waals surface area contributed by atoms with Crippen molar-refractivity contribution in [2.24, 2.45) is 0 Å². The van der Waals surface area contributed by atoms with Gasteiger partial charge in [-0.25, -0.2) is 13.2 Å². The zero-order valence-electron chi connectivity index (χ0n) is 19.1. The molecule has 3 aliphatic heterocycles. The van der Waals surface area contributed by atoms with Crippen LogP contribution in [0.1, 0.15) is 46.7 Å². The Morgan fingerprint density at radius 1 is 1.18 bits per heavy atom. The molecule has 34 heavy (non-hydrogen) atoms. The molecule has 2 fully saturated rings. The molecule has 180 valence electrons. The van der Waals surface area contributed by atoms with Gasteiger partial charge in [-0.3, -0.25) is 14.5 Å². The van der Waals surface area contributed by atoms with Crippen molar-refractivity contribution < 1.29 is 32.3 Å². The number of sulfone groups is 1. The number of nitrogens with zero attached hydrogens (tertiary/aromatic N) is 2. The van der Waals surface area contributed by atoms with Crippen LogP contribution in [-0.2, 0) is 20.2 Å². The summed E-state index contributed by atoms with van der Waals surface area (Å²) in [5, 5.41) is 2.70. The van der Waals surface area contributed by atoms with E-state index in [1.807, 2.05) is 11.5 Å². The first-order valence-electron chi connectivity index (χ1n) is 11.0. The van der Waals surface area contributed by atoms with Crippen LogP contribution in [0.15, 0.2) is 24.3 Å². The van der Waals surface area contributed by atoms with Crippen molar-refractivity contribution in [3.63, 3.8) is 0 Å². The fourth-order valence-electron chi connectivity index (χ4n) is 5.07. The second kappa shape index (κ2) is 7.59. The van der Waals surface area contributed by atoms with Gasteiger partial charge in [0, 0.05) is 23.0 Å². The summed E-state index contributed by atoms with van der Waals surface area (Å²) in [5.41, 5.74) is 0.943. The third kappa shape index (κ3) is 3.46. The molecule has 4 heterocycles. The van der Waals surface area contributed by atoms with Crippen LogP contribution in [0.3, 0.4) is 0 Å². The minimum atomic E-state index is -3.09. The first kappa shape index (κ1) is 22.5. The molecule has 0 unspecified atom stereocenters. The van der Waals surface area contributed by atoms with Crippen molar-refractivity contribution in [1.29, 1.82) is 0 Å². The Labute approximate surface area is 196 Å². The molecule has 2 atom stereocenters. The highest BCUT2D eigenvalue weighted by molar-refractivity contribution is 7.91. The van der Waals surface area contributed by atoms with Crippen LogP contribution in [0.4, 0.5) is 4.79 Å². The highest BCUT2D eigenvalue weighted by Gasteiger charge is 2.50. The summed E-state index contributed by atoms with van der Waals surface area (Å²) < 4.78 is 36.4. The lowest BCUT2D eigenvalue weighted by Crippen LogP contribution is -2.41. The van der Waals surface area contributed by atoms with Gasteiger partial charge in [0.25, 0.3) is 5.91 Å². The quantitative estimate of drug-likeness (QED) is 0.504. The fourth-order valence-corrected chi connectivity index (χ4v) is 6.77. The van der Waals surface area contributed by atoms with Gasteiger partial charge >= 0.3 is 6.03 Å². The molecule has 5 rings (SSSR count). The van der Waals surface area contributed by atoms with Crippen LogP contribution in [0, 0.1) is 13.8 Å². The number of hydrogen-bond acceptors (Lipinski definition) is 7. The number of fused-ring (bicyclic) bond motifs is 1. The van der Waals surface area contributed by atoms with E-state index in [0.29, 0.717) is 34.7 Å². The molecule has 0 bridgehead atoms. The van der Waals surface area contributed by atoms with Crippen LogP contribution >= 0.6 is 0 Å². The summed E-state index contributed by atoms with van der Waals surface area (Å²) in [7, 11) is -3.09. The summed E-state index contributed by atoms with van der Waals surface area (Å²) >= 11 is 0. The van der Waals surface area contributed by atoms with Crippen LogP contribution in [-0.4, -0.2) is 60.4 Å². The molecular formula is C23H25N3O7S. The summed E-state index contributed by atoms with van der Waals surface area (Å²) in [4.78, 5) is 40.1. The van der Waals surface area contributed by atoms with E-state index in [4.69, 9.17) is 9.47 Å². The van der Waals surface area contributed by atoms with Gasteiger partial charge in [0.15, 0.2) is 27.1 Å². The third-order valence-corrected chi connectivity index (χ3v) is 8.64.